The number of rotatable bonds is 2. The van der Waals surface area contributed by atoms with Crippen molar-refractivity contribution in [1.29, 1.82) is 0 Å². The van der Waals surface area contributed by atoms with Crippen LogP contribution in [0.1, 0.15) is 43.5 Å². The number of hydrogen-bond donors (Lipinski definition) is 2. The Morgan fingerprint density at radius 1 is 1.27 bits per heavy atom. The SMILES string of the molecule is COc1ccc2[nH]c3c(c2c1)CC[NH2+][C@@H]3[C@@H]1CC=C(C)CC1. The van der Waals surface area contributed by atoms with Gasteiger partial charge in [-0.2, -0.15) is 0 Å². The van der Waals surface area contributed by atoms with E-state index in [2.05, 4.69) is 41.5 Å². The zero-order chi connectivity index (χ0) is 15.1. The molecule has 0 saturated heterocycles. The first-order valence-electron chi connectivity index (χ1n) is 8.43. The molecule has 4 rings (SSSR count). The van der Waals surface area contributed by atoms with Crippen molar-refractivity contribution < 1.29 is 10.1 Å². The van der Waals surface area contributed by atoms with Crippen molar-refractivity contribution in [2.24, 2.45) is 5.92 Å². The fourth-order valence-corrected chi connectivity index (χ4v) is 4.19. The fourth-order valence-electron chi connectivity index (χ4n) is 4.19. The maximum absolute atomic E-state index is 5.41. The van der Waals surface area contributed by atoms with Crippen molar-refractivity contribution >= 4 is 10.9 Å². The summed E-state index contributed by atoms with van der Waals surface area (Å²) in [5, 5.41) is 3.91. The number of methoxy groups -OCH3 is 1. The molecule has 1 aliphatic carbocycles. The van der Waals surface area contributed by atoms with Crippen LogP contribution >= 0.6 is 0 Å². The Morgan fingerprint density at radius 3 is 2.95 bits per heavy atom. The number of aromatic amines is 1. The zero-order valence-electron chi connectivity index (χ0n) is 13.5. The summed E-state index contributed by atoms with van der Waals surface area (Å²) >= 11 is 0. The fraction of sp³-hybridized carbons (Fsp3) is 0.474. The Bertz CT molecular complexity index is 728. The average Bonchev–Trinajstić information content (AvgIpc) is 2.93. The van der Waals surface area contributed by atoms with Crippen molar-refractivity contribution in [3.8, 4) is 5.75 Å². The Kier molecular flexibility index (Phi) is 3.45. The number of H-pyrrole nitrogens is 1. The number of quaternary nitrogens is 1. The third-order valence-electron chi connectivity index (χ3n) is 5.48. The molecule has 0 bridgehead atoms. The lowest BCUT2D eigenvalue weighted by molar-refractivity contribution is -0.706. The van der Waals surface area contributed by atoms with Crippen molar-refractivity contribution in [3.63, 3.8) is 0 Å². The van der Waals surface area contributed by atoms with Gasteiger partial charge in [-0.25, -0.2) is 0 Å². The molecule has 3 N–H and O–H groups in total. The average molecular weight is 297 g/mol. The second-order valence-corrected chi connectivity index (χ2v) is 6.81. The number of aromatic nitrogens is 1. The smallest absolute Gasteiger partial charge is 0.130 e. The molecule has 0 fully saturated rings. The van der Waals surface area contributed by atoms with Crippen molar-refractivity contribution in [2.75, 3.05) is 13.7 Å². The first-order chi connectivity index (χ1) is 10.8. The lowest BCUT2D eigenvalue weighted by Crippen LogP contribution is -2.88. The van der Waals surface area contributed by atoms with E-state index < -0.39 is 0 Å². The van der Waals surface area contributed by atoms with Gasteiger partial charge < -0.3 is 15.0 Å². The van der Waals surface area contributed by atoms with Gasteiger partial charge in [-0.3, -0.25) is 0 Å². The van der Waals surface area contributed by atoms with Crippen molar-refractivity contribution in [2.45, 2.75) is 38.6 Å². The molecule has 3 heteroatoms. The Morgan fingerprint density at radius 2 is 2.18 bits per heavy atom. The van der Waals surface area contributed by atoms with Gasteiger partial charge in [0.1, 0.15) is 11.8 Å². The summed E-state index contributed by atoms with van der Waals surface area (Å²) in [4.78, 5) is 3.72. The second kappa shape index (κ2) is 5.47. The molecule has 1 aliphatic heterocycles. The third-order valence-corrected chi connectivity index (χ3v) is 5.48. The highest BCUT2D eigenvalue weighted by Crippen LogP contribution is 2.37. The Balaban J connectivity index is 1.75. The van der Waals surface area contributed by atoms with Crippen LogP contribution in [0.4, 0.5) is 0 Å². The van der Waals surface area contributed by atoms with Crippen LogP contribution in [0.3, 0.4) is 0 Å². The van der Waals surface area contributed by atoms with E-state index in [9.17, 15) is 0 Å². The maximum atomic E-state index is 5.41. The molecule has 116 valence electrons. The Hall–Kier alpha value is -1.74. The molecule has 0 spiro atoms. The summed E-state index contributed by atoms with van der Waals surface area (Å²) in [5.74, 6) is 1.72. The third kappa shape index (κ3) is 2.24. The summed E-state index contributed by atoms with van der Waals surface area (Å²) in [6, 6.07) is 6.99. The molecule has 1 aromatic carbocycles. The standard InChI is InChI=1S/C19H24N2O/c1-12-3-5-13(6-4-12)18-19-15(9-10-20-18)16-11-14(22-2)7-8-17(16)21-19/h3,7-8,11,13,18,20-21H,4-6,9-10H2,1-2H3/p+1/t13-,18-/m1/s1. The minimum absolute atomic E-state index is 0.589. The number of nitrogens with two attached hydrogens (primary N) is 1. The predicted octanol–water partition coefficient (Wildman–Crippen LogP) is 3.08. The normalized spacial score (nSPS) is 24.9. The molecule has 2 atom stereocenters. The largest absolute Gasteiger partial charge is 0.497 e. The minimum Gasteiger partial charge on any atom is -0.497 e. The van der Waals surface area contributed by atoms with Crippen LogP contribution in [0.25, 0.3) is 10.9 Å². The van der Waals surface area contributed by atoms with Crippen LogP contribution in [0, 0.1) is 5.92 Å². The van der Waals surface area contributed by atoms with Gasteiger partial charge >= 0.3 is 0 Å². The second-order valence-electron chi connectivity index (χ2n) is 6.81. The van der Waals surface area contributed by atoms with Crippen LogP contribution in [0.5, 0.6) is 5.75 Å². The maximum Gasteiger partial charge on any atom is 0.130 e. The van der Waals surface area contributed by atoms with Crippen LogP contribution in [0.15, 0.2) is 29.8 Å². The summed E-state index contributed by atoms with van der Waals surface area (Å²) in [6.45, 7) is 3.46. The lowest BCUT2D eigenvalue weighted by atomic mass is 9.81. The van der Waals surface area contributed by atoms with E-state index >= 15 is 0 Å². The predicted molar refractivity (Wildman–Crippen MR) is 89.2 cm³/mol. The Labute approximate surface area is 131 Å². The summed E-state index contributed by atoms with van der Waals surface area (Å²) in [6.07, 6.45) is 7.41. The van der Waals surface area contributed by atoms with E-state index in [4.69, 9.17) is 4.74 Å². The number of benzene rings is 1. The minimum atomic E-state index is 0.589. The van der Waals surface area contributed by atoms with Crippen molar-refractivity contribution in [3.05, 3.63) is 41.1 Å². The number of allylic oxidation sites excluding steroid dienone is 2. The quantitative estimate of drug-likeness (QED) is 0.822. The number of ether oxygens (including phenoxy) is 1. The zero-order valence-corrected chi connectivity index (χ0v) is 13.5. The first-order valence-corrected chi connectivity index (χ1v) is 8.43. The van der Waals surface area contributed by atoms with Gasteiger partial charge in [0.05, 0.1) is 19.3 Å². The van der Waals surface area contributed by atoms with Gasteiger partial charge in [0.25, 0.3) is 0 Å². The number of hydrogen-bond acceptors (Lipinski definition) is 1. The molecular weight excluding hydrogens is 272 g/mol. The highest BCUT2D eigenvalue weighted by molar-refractivity contribution is 5.86. The molecule has 2 aromatic rings. The van der Waals surface area contributed by atoms with Gasteiger partial charge in [0, 0.05) is 23.2 Å². The highest BCUT2D eigenvalue weighted by atomic mass is 16.5. The van der Waals surface area contributed by atoms with Crippen LogP contribution in [0.2, 0.25) is 0 Å². The molecule has 0 radical (unpaired) electrons. The van der Waals surface area contributed by atoms with E-state index in [0.29, 0.717) is 6.04 Å². The number of fused-ring (bicyclic) bond motifs is 3. The number of nitrogens with one attached hydrogen (secondary N) is 1. The summed E-state index contributed by atoms with van der Waals surface area (Å²) in [7, 11) is 1.74. The van der Waals surface area contributed by atoms with Crippen LogP contribution in [-0.4, -0.2) is 18.6 Å². The van der Waals surface area contributed by atoms with Crippen LogP contribution in [-0.2, 0) is 6.42 Å². The van der Waals surface area contributed by atoms with E-state index in [1.54, 1.807) is 12.7 Å². The van der Waals surface area contributed by atoms with Gasteiger partial charge in [-0.15, -0.1) is 0 Å². The molecule has 0 unspecified atom stereocenters. The van der Waals surface area contributed by atoms with Gasteiger partial charge in [-0.05, 0) is 49.9 Å². The molecular formula is C19H25N2O+. The molecule has 22 heavy (non-hydrogen) atoms. The topological polar surface area (TPSA) is 41.6 Å². The van der Waals surface area contributed by atoms with E-state index in [1.807, 2.05) is 0 Å². The molecule has 3 nitrogen and oxygen atoms in total. The lowest BCUT2D eigenvalue weighted by Gasteiger charge is -2.30. The molecule has 2 heterocycles. The molecule has 1 aromatic heterocycles. The van der Waals surface area contributed by atoms with E-state index in [0.717, 1.165) is 18.1 Å². The van der Waals surface area contributed by atoms with Crippen LogP contribution < -0.4 is 10.1 Å². The first kappa shape index (κ1) is 13.9. The highest BCUT2D eigenvalue weighted by Gasteiger charge is 2.34. The summed E-state index contributed by atoms with van der Waals surface area (Å²) in [5.41, 5.74) is 5.81. The summed E-state index contributed by atoms with van der Waals surface area (Å²) < 4.78 is 5.41. The monoisotopic (exact) mass is 297 g/mol. The van der Waals surface area contributed by atoms with Crippen molar-refractivity contribution in [1.82, 2.24) is 4.98 Å². The van der Waals surface area contributed by atoms with Gasteiger partial charge in [-0.1, -0.05) is 11.6 Å². The molecule has 0 saturated carbocycles. The molecule has 0 amide bonds. The molecule has 2 aliphatic rings. The van der Waals surface area contributed by atoms with Gasteiger partial charge in [0.15, 0.2) is 0 Å². The van der Waals surface area contributed by atoms with Gasteiger partial charge in [0.2, 0.25) is 0 Å². The van der Waals surface area contributed by atoms with E-state index in [1.165, 1.54) is 48.0 Å². The van der Waals surface area contributed by atoms with E-state index in [-0.39, 0.29) is 0 Å².